The molecule has 0 atom stereocenters. The average molecular weight is 269 g/mol. The van der Waals surface area contributed by atoms with Crippen LogP contribution in [0.2, 0.25) is 0 Å². The van der Waals surface area contributed by atoms with Crippen LogP contribution >= 0.6 is 15.9 Å². The standard InChI is InChI=1S/C12H13BrO2/c1-10(7-8-13)12(14)15-9-11-5-3-2-4-6-11/h2-6H,1,7-9H2. The highest BCUT2D eigenvalue weighted by atomic mass is 79.9. The molecule has 0 unspecified atom stereocenters. The Morgan fingerprint density at radius 1 is 1.33 bits per heavy atom. The number of ether oxygens (including phenoxy) is 1. The van der Waals surface area contributed by atoms with Crippen molar-refractivity contribution < 1.29 is 9.53 Å². The molecule has 1 rings (SSSR count). The van der Waals surface area contributed by atoms with E-state index in [-0.39, 0.29) is 5.97 Å². The number of alkyl halides is 1. The smallest absolute Gasteiger partial charge is 0.333 e. The predicted octanol–water partition coefficient (Wildman–Crippen LogP) is 3.07. The van der Waals surface area contributed by atoms with E-state index < -0.39 is 0 Å². The Morgan fingerprint density at radius 2 is 2.00 bits per heavy atom. The molecule has 0 radical (unpaired) electrons. The van der Waals surface area contributed by atoms with Gasteiger partial charge in [0.05, 0.1) is 0 Å². The van der Waals surface area contributed by atoms with E-state index in [1.807, 2.05) is 30.3 Å². The minimum absolute atomic E-state index is 0.307. The Bertz CT molecular complexity index is 333. The molecule has 1 aromatic carbocycles. The van der Waals surface area contributed by atoms with Crippen molar-refractivity contribution >= 4 is 21.9 Å². The molecule has 0 heterocycles. The lowest BCUT2D eigenvalue weighted by Crippen LogP contribution is -2.07. The zero-order valence-corrected chi connectivity index (χ0v) is 10.00. The maximum atomic E-state index is 11.4. The largest absolute Gasteiger partial charge is 0.457 e. The summed E-state index contributed by atoms with van der Waals surface area (Å²) >= 11 is 3.25. The molecule has 0 aliphatic carbocycles. The van der Waals surface area contributed by atoms with Gasteiger partial charge in [-0.15, -0.1) is 0 Å². The third-order valence-electron chi connectivity index (χ3n) is 1.90. The van der Waals surface area contributed by atoms with Gasteiger partial charge >= 0.3 is 5.97 Å². The van der Waals surface area contributed by atoms with Crippen molar-refractivity contribution in [2.75, 3.05) is 5.33 Å². The van der Waals surface area contributed by atoms with E-state index >= 15 is 0 Å². The fourth-order valence-electron chi connectivity index (χ4n) is 1.04. The third-order valence-corrected chi connectivity index (χ3v) is 2.29. The van der Waals surface area contributed by atoms with Crippen LogP contribution in [-0.2, 0) is 16.1 Å². The van der Waals surface area contributed by atoms with E-state index in [2.05, 4.69) is 22.5 Å². The normalized spacial score (nSPS) is 9.67. The van der Waals surface area contributed by atoms with Crippen LogP contribution in [0.15, 0.2) is 42.5 Å². The van der Waals surface area contributed by atoms with E-state index in [4.69, 9.17) is 4.74 Å². The van der Waals surface area contributed by atoms with Crippen LogP contribution in [0.1, 0.15) is 12.0 Å². The molecule has 0 spiro atoms. The molecule has 0 aliphatic heterocycles. The van der Waals surface area contributed by atoms with E-state index in [0.717, 1.165) is 10.9 Å². The molecule has 0 amide bonds. The van der Waals surface area contributed by atoms with E-state index in [1.165, 1.54) is 0 Å². The van der Waals surface area contributed by atoms with Gasteiger partial charge in [0.2, 0.25) is 0 Å². The van der Waals surface area contributed by atoms with Gasteiger partial charge in [0.1, 0.15) is 6.61 Å². The predicted molar refractivity (Wildman–Crippen MR) is 63.8 cm³/mol. The van der Waals surface area contributed by atoms with Crippen molar-refractivity contribution in [3.05, 3.63) is 48.0 Å². The molecular formula is C12H13BrO2. The van der Waals surface area contributed by atoms with Crippen molar-refractivity contribution in [1.82, 2.24) is 0 Å². The summed E-state index contributed by atoms with van der Waals surface area (Å²) < 4.78 is 5.08. The second-order valence-corrected chi connectivity index (χ2v) is 3.90. The SMILES string of the molecule is C=C(CCBr)C(=O)OCc1ccccc1. The molecule has 3 heteroatoms. The van der Waals surface area contributed by atoms with Crippen LogP contribution in [0.4, 0.5) is 0 Å². The highest BCUT2D eigenvalue weighted by Gasteiger charge is 2.07. The number of carbonyl (C=O) groups is 1. The molecule has 0 aromatic heterocycles. The summed E-state index contributed by atoms with van der Waals surface area (Å²) in [6.07, 6.45) is 0.619. The van der Waals surface area contributed by atoms with E-state index in [0.29, 0.717) is 18.6 Å². The number of benzene rings is 1. The lowest BCUT2D eigenvalue weighted by molar-refractivity contribution is -0.140. The summed E-state index contributed by atoms with van der Waals surface area (Å²) in [5.74, 6) is -0.321. The molecule has 0 saturated heterocycles. The van der Waals surface area contributed by atoms with Crippen molar-refractivity contribution in [3.63, 3.8) is 0 Å². The van der Waals surface area contributed by atoms with Crippen LogP contribution in [-0.4, -0.2) is 11.3 Å². The fraction of sp³-hybridized carbons (Fsp3) is 0.250. The molecule has 0 aliphatic rings. The zero-order valence-electron chi connectivity index (χ0n) is 8.41. The maximum absolute atomic E-state index is 11.4. The van der Waals surface area contributed by atoms with Gasteiger partial charge in [-0.05, 0) is 12.0 Å². The minimum atomic E-state index is -0.321. The number of carbonyl (C=O) groups excluding carboxylic acids is 1. The summed E-state index contributed by atoms with van der Waals surface area (Å²) in [7, 11) is 0. The van der Waals surface area contributed by atoms with Crippen molar-refractivity contribution in [1.29, 1.82) is 0 Å². The second-order valence-electron chi connectivity index (χ2n) is 3.10. The molecule has 1 aromatic rings. The molecule has 0 saturated carbocycles. The van der Waals surface area contributed by atoms with Crippen LogP contribution < -0.4 is 0 Å². The quantitative estimate of drug-likeness (QED) is 0.466. The van der Waals surface area contributed by atoms with Crippen molar-refractivity contribution in [2.24, 2.45) is 0 Å². The van der Waals surface area contributed by atoms with Crippen LogP contribution in [0, 0.1) is 0 Å². The van der Waals surface area contributed by atoms with Crippen LogP contribution in [0.5, 0.6) is 0 Å². The van der Waals surface area contributed by atoms with Gasteiger partial charge in [-0.2, -0.15) is 0 Å². The molecule has 0 fully saturated rings. The first-order valence-electron chi connectivity index (χ1n) is 4.69. The monoisotopic (exact) mass is 268 g/mol. The van der Waals surface area contributed by atoms with Crippen LogP contribution in [0.25, 0.3) is 0 Å². The van der Waals surface area contributed by atoms with Crippen LogP contribution in [0.3, 0.4) is 0 Å². The summed E-state index contributed by atoms with van der Waals surface area (Å²) in [5, 5.41) is 0.728. The summed E-state index contributed by atoms with van der Waals surface area (Å²) in [6.45, 7) is 3.96. The molecule has 15 heavy (non-hydrogen) atoms. The fourth-order valence-corrected chi connectivity index (χ4v) is 1.52. The number of hydrogen-bond donors (Lipinski definition) is 0. The highest BCUT2D eigenvalue weighted by molar-refractivity contribution is 9.09. The third kappa shape index (κ3) is 4.30. The van der Waals surface area contributed by atoms with Gasteiger partial charge in [-0.3, -0.25) is 0 Å². The van der Waals surface area contributed by atoms with E-state index in [9.17, 15) is 4.79 Å². The number of rotatable bonds is 5. The Hall–Kier alpha value is -1.09. The zero-order chi connectivity index (χ0) is 11.1. The molecule has 0 bridgehead atoms. The highest BCUT2D eigenvalue weighted by Crippen LogP contribution is 2.06. The second kappa shape index (κ2) is 6.40. The first-order valence-corrected chi connectivity index (χ1v) is 5.81. The number of hydrogen-bond acceptors (Lipinski definition) is 2. The first-order chi connectivity index (χ1) is 7.24. The average Bonchev–Trinajstić information content (AvgIpc) is 2.27. The minimum Gasteiger partial charge on any atom is -0.457 e. The van der Waals surface area contributed by atoms with Gasteiger partial charge < -0.3 is 4.74 Å². The Morgan fingerprint density at radius 3 is 2.60 bits per heavy atom. The maximum Gasteiger partial charge on any atom is 0.333 e. The number of halogens is 1. The molecule has 0 N–H and O–H groups in total. The van der Waals surface area contributed by atoms with Gasteiger partial charge in [-0.1, -0.05) is 52.8 Å². The van der Waals surface area contributed by atoms with Gasteiger partial charge in [0.25, 0.3) is 0 Å². The summed E-state index contributed by atoms with van der Waals surface area (Å²) in [5.41, 5.74) is 1.49. The van der Waals surface area contributed by atoms with Crippen molar-refractivity contribution in [2.45, 2.75) is 13.0 Å². The Labute approximate surface area is 98.1 Å². The van der Waals surface area contributed by atoms with Crippen molar-refractivity contribution in [3.8, 4) is 0 Å². The summed E-state index contributed by atoms with van der Waals surface area (Å²) in [4.78, 5) is 11.4. The van der Waals surface area contributed by atoms with Gasteiger partial charge in [0.15, 0.2) is 0 Å². The molecule has 2 nitrogen and oxygen atoms in total. The molecular weight excluding hydrogens is 256 g/mol. The lowest BCUT2D eigenvalue weighted by atomic mass is 10.2. The van der Waals surface area contributed by atoms with Gasteiger partial charge in [0, 0.05) is 10.9 Å². The Balaban J connectivity index is 2.38. The Kier molecular flexibility index (Phi) is 5.12. The van der Waals surface area contributed by atoms with Gasteiger partial charge in [-0.25, -0.2) is 4.79 Å². The summed E-state index contributed by atoms with van der Waals surface area (Å²) in [6, 6.07) is 9.59. The van der Waals surface area contributed by atoms with E-state index in [1.54, 1.807) is 0 Å². The first kappa shape index (κ1) is 12.0. The lowest BCUT2D eigenvalue weighted by Gasteiger charge is -2.05. The topological polar surface area (TPSA) is 26.3 Å². The number of esters is 1. The molecule has 80 valence electrons.